The second-order valence-corrected chi connectivity index (χ2v) is 6.82. The van der Waals surface area contributed by atoms with Gasteiger partial charge >= 0.3 is 0 Å². The van der Waals surface area contributed by atoms with E-state index in [0.29, 0.717) is 42.6 Å². The summed E-state index contributed by atoms with van der Waals surface area (Å²) < 4.78 is 16.5. The molecule has 1 N–H and O–H groups in total. The van der Waals surface area contributed by atoms with Gasteiger partial charge in [0.05, 0.1) is 19.3 Å². The number of hydrogen-bond acceptors (Lipinski definition) is 6. The van der Waals surface area contributed by atoms with Crippen molar-refractivity contribution >= 4 is 17.2 Å². The highest BCUT2D eigenvalue weighted by molar-refractivity contribution is 7.09. The first-order valence-electron chi connectivity index (χ1n) is 8.50. The Kier molecular flexibility index (Phi) is 4.93. The molecule has 0 saturated carbocycles. The van der Waals surface area contributed by atoms with Gasteiger partial charge in [0.25, 0.3) is 5.91 Å². The van der Waals surface area contributed by atoms with E-state index < -0.39 is 0 Å². The molecule has 1 amide bonds. The minimum absolute atomic E-state index is 0.221. The molecule has 27 heavy (non-hydrogen) atoms. The quantitative estimate of drug-likeness (QED) is 0.731. The van der Waals surface area contributed by atoms with Gasteiger partial charge in [-0.1, -0.05) is 30.3 Å². The standard InChI is InChI=1S/C20H18N2O4S/c1-24-16-9-14(10-17-19(16)26-8-7-25-17)20(23)21-11-18-22-15(12-27-18)13-5-3-2-4-6-13/h2-6,9-10,12H,7-8,11H2,1H3,(H,21,23). The van der Waals surface area contributed by atoms with E-state index in [0.717, 1.165) is 16.3 Å². The summed E-state index contributed by atoms with van der Waals surface area (Å²) in [5.74, 6) is 1.32. The van der Waals surface area contributed by atoms with Crippen molar-refractivity contribution in [2.24, 2.45) is 0 Å². The zero-order chi connectivity index (χ0) is 18.6. The van der Waals surface area contributed by atoms with Crippen molar-refractivity contribution in [3.05, 3.63) is 58.4 Å². The van der Waals surface area contributed by atoms with Crippen molar-refractivity contribution in [1.29, 1.82) is 0 Å². The zero-order valence-corrected chi connectivity index (χ0v) is 15.5. The Morgan fingerprint density at radius 2 is 2.04 bits per heavy atom. The van der Waals surface area contributed by atoms with Crippen LogP contribution in [0.4, 0.5) is 0 Å². The minimum atomic E-state index is -0.221. The molecule has 0 unspecified atom stereocenters. The Labute approximate surface area is 160 Å². The molecule has 1 aromatic heterocycles. The summed E-state index contributed by atoms with van der Waals surface area (Å²) in [4.78, 5) is 17.1. The molecule has 3 aromatic rings. The normalized spacial score (nSPS) is 12.5. The van der Waals surface area contributed by atoms with E-state index in [4.69, 9.17) is 14.2 Å². The highest BCUT2D eigenvalue weighted by Crippen LogP contribution is 2.40. The number of amides is 1. The third-order valence-corrected chi connectivity index (χ3v) is 4.96. The maximum atomic E-state index is 12.6. The van der Waals surface area contributed by atoms with E-state index in [-0.39, 0.29) is 5.91 Å². The first-order valence-corrected chi connectivity index (χ1v) is 9.38. The highest BCUT2D eigenvalue weighted by Gasteiger charge is 2.21. The number of carbonyl (C=O) groups is 1. The van der Waals surface area contributed by atoms with Crippen LogP contribution in [0.5, 0.6) is 17.2 Å². The van der Waals surface area contributed by atoms with E-state index in [1.807, 2.05) is 35.7 Å². The van der Waals surface area contributed by atoms with E-state index in [1.165, 1.54) is 18.4 Å². The van der Waals surface area contributed by atoms with Crippen LogP contribution in [0.25, 0.3) is 11.3 Å². The molecule has 138 valence electrons. The molecule has 4 rings (SSSR count). The van der Waals surface area contributed by atoms with Crippen LogP contribution >= 0.6 is 11.3 Å². The lowest BCUT2D eigenvalue weighted by Crippen LogP contribution is -2.23. The number of ether oxygens (including phenoxy) is 3. The van der Waals surface area contributed by atoms with Gasteiger partial charge in [-0.3, -0.25) is 4.79 Å². The number of nitrogens with zero attached hydrogens (tertiary/aromatic N) is 1. The van der Waals surface area contributed by atoms with Crippen molar-refractivity contribution in [2.75, 3.05) is 20.3 Å². The van der Waals surface area contributed by atoms with Crippen LogP contribution < -0.4 is 19.5 Å². The van der Waals surface area contributed by atoms with Crippen LogP contribution in [0.3, 0.4) is 0 Å². The molecule has 0 spiro atoms. The fourth-order valence-electron chi connectivity index (χ4n) is 2.80. The van der Waals surface area contributed by atoms with Gasteiger partial charge in [-0.25, -0.2) is 4.98 Å². The second kappa shape index (κ2) is 7.67. The summed E-state index contributed by atoms with van der Waals surface area (Å²) in [6.07, 6.45) is 0. The summed E-state index contributed by atoms with van der Waals surface area (Å²) >= 11 is 1.52. The molecule has 0 atom stereocenters. The van der Waals surface area contributed by atoms with E-state index in [2.05, 4.69) is 10.3 Å². The van der Waals surface area contributed by atoms with Gasteiger partial charge in [0.15, 0.2) is 11.5 Å². The summed E-state index contributed by atoms with van der Waals surface area (Å²) in [5.41, 5.74) is 2.42. The SMILES string of the molecule is COc1cc(C(=O)NCc2nc(-c3ccccc3)cs2)cc2c1OCCO2. The average Bonchev–Trinajstić information content (AvgIpc) is 3.21. The molecular formula is C20H18N2O4S. The maximum absolute atomic E-state index is 12.6. The van der Waals surface area contributed by atoms with Crippen molar-refractivity contribution in [3.8, 4) is 28.5 Å². The van der Waals surface area contributed by atoms with E-state index >= 15 is 0 Å². The fourth-order valence-corrected chi connectivity index (χ4v) is 3.54. The van der Waals surface area contributed by atoms with Gasteiger partial charge in [-0.15, -0.1) is 11.3 Å². The first-order chi connectivity index (χ1) is 13.2. The second-order valence-electron chi connectivity index (χ2n) is 5.88. The summed E-state index contributed by atoms with van der Waals surface area (Å²) in [7, 11) is 1.54. The van der Waals surface area contributed by atoms with Crippen molar-refractivity contribution in [2.45, 2.75) is 6.54 Å². The summed E-state index contributed by atoms with van der Waals surface area (Å²) in [6.45, 7) is 1.26. The minimum Gasteiger partial charge on any atom is -0.493 e. The third kappa shape index (κ3) is 3.73. The molecular weight excluding hydrogens is 364 g/mol. The molecule has 1 aliphatic heterocycles. The van der Waals surface area contributed by atoms with Crippen molar-refractivity contribution in [1.82, 2.24) is 10.3 Å². The number of benzene rings is 2. The average molecular weight is 382 g/mol. The van der Waals surface area contributed by atoms with Crippen LogP contribution in [-0.2, 0) is 6.54 Å². The van der Waals surface area contributed by atoms with Crippen LogP contribution in [0.2, 0.25) is 0 Å². The largest absolute Gasteiger partial charge is 0.493 e. The smallest absolute Gasteiger partial charge is 0.251 e. The van der Waals surface area contributed by atoms with Gasteiger partial charge in [-0.05, 0) is 12.1 Å². The lowest BCUT2D eigenvalue weighted by Gasteiger charge is -2.21. The van der Waals surface area contributed by atoms with Crippen LogP contribution in [-0.4, -0.2) is 31.2 Å². The Morgan fingerprint density at radius 1 is 1.22 bits per heavy atom. The van der Waals surface area contributed by atoms with E-state index in [9.17, 15) is 4.79 Å². The van der Waals surface area contributed by atoms with Gasteiger partial charge in [0.1, 0.15) is 18.2 Å². The van der Waals surface area contributed by atoms with Gasteiger partial charge < -0.3 is 19.5 Å². The molecule has 6 nitrogen and oxygen atoms in total. The van der Waals surface area contributed by atoms with Crippen LogP contribution in [0, 0.1) is 0 Å². The topological polar surface area (TPSA) is 69.7 Å². The molecule has 2 heterocycles. The monoisotopic (exact) mass is 382 g/mol. The molecule has 1 aliphatic rings. The van der Waals surface area contributed by atoms with Gasteiger partial charge in [-0.2, -0.15) is 0 Å². The van der Waals surface area contributed by atoms with Gasteiger partial charge in [0, 0.05) is 16.5 Å². The number of methoxy groups -OCH3 is 1. The number of nitrogens with one attached hydrogen (secondary N) is 1. The number of fused-ring (bicyclic) bond motifs is 1. The number of carbonyl (C=O) groups excluding carboxylic acids is 1. The van der Waals surface area contributed by atoms with Crippen molar-refractivity contribution < 1.29 is 19.0 Å². The molecule has 0 fully saturated rings. The Hall–Kier alpha value is -3.06. The Morgan fingerprint density at radius 3 is 2.85 bits per heavy atom. The van der Waals surface area contributed by atoms with E-state index in [1.54, 1.807) is 12.1 Å². The number of rotatable bonds is 5. The summed E-state index contributed by atoms with van der Waals surface area (Å²) in [6, 6.07) is 13.3. The lowest BCUT2D eigenvalue weighted by molar-refractivity contribution is 0.0949. The molecule has 0 radical (unpaired) electrons. The van der Waals surface area contributed by atoms with Crippen LogP contribution in [0.15, 0.2) is 47.8 Å². The fraction of sp³-hybridized carbons (Fsp3) is 0.200. The van der Waals surface area contributed by atoms with Crippen LogP contribution in [0.1, 0.15) is 15.4 Å². The molecule has 0 bridgehead atoms. The third-order valence-electron chi connectivity index (χ3n) is 4.11. The van der Waals surface area contributed by atoms with Crippen molar-refractivity contribution in [3.63, 3.8) is 0 Å². The highest BCUT2D eigenvalue weighted by atomic mass is 32.1. The predicted molar refractivity (Wildman–Crippen MR) is 103 cm³/mol. The lowest BCUT2D eigenvalue weighted by atomic mass is 10.1. The number of thiazole rings is 1. The number of hydrogen-bond donors (Lipinski definition) is 1. The van der Waals surface area contributed by atoms with Gasteiger partial charge in [0.2, 0.25) is 5.75 Å². The molecule has 0 aliphatic carbocycles. The predicted octanol–water partition coefficient (Wildman–Crippen LogP) is 3.52. The maximum Gasteiger partial charge on any atom is 0.251 e. The molecule has 7 heteroatoms. The first kappa shape index (κ1) is 17.4. The molecule has 2 aromatic carbocycles. The number of aromatic nitrogens is 1. The molecule has 0 saturated heterocycles. The summed E-state index contributed by atoms with van der Waals surface area (Å²) in [5, 5.41) is 5.72. The Bertz CT molecular complexity index is 939. The zero-order valence-electron chi connectivity index (χ0n) is 14.7. The Balaban J connectivity index is 1.46.